The van der Waals surface area contributed by atoms with Crippen molar-refractivity contribution in [2.24, 2.45) is 0 Å². The molecular formula is C27H37N7O2. The highest BCUT2D eigenvalue weighted by Gasteiger charge is 2.21. The molecule has 192 valence electrons. The van der Waals surface area contributed by atoms with E-state index in [1.54, 1.807) is 10.9 Å². The van der Waals surface area contributed by atoms with Crippen LogP contribution in [0.2, 0.25) is 0 Å². The standard InChI is InChI=1S/C27H37N7O2/c1-19-14-23(15-20(2)26(19)36-13-12-32-9-4-5-10-32)29-27-28-8-6-25(30-27)34-17-22(21(3)31-34)16-33-11-7-24(35)18-33/h6,8,14-15,17,24,35H,4-5,7,9-13,16,18H2,1-3H3,(H,28,29,30)/t24-/m1/s1. The number of hydrogen-bond acceptors (Lipinski definition) is 8. The van der Waals surface area contributed by atoms with Crippen LogP contribution in [-0.4, -0.2) is 80.1 Å². The van der Waals surface area contributed by atoms with Crippen LogP contribution in [-0.2, 0) is 6.54 Å². The zero-order valence-electron chi connectivity index (χ0n) is 21.6. The first-order valence-electron chi connectivity index (χ1n) is 13.0. The lowest BCUT2D eigenvalue weighted by Crippen LogP contribution is -2.25. The number of rotatable bonds is 9. The number of nitrogens with zero attached hydrogens (tertiary/aromatic N) is 6. The summed E-state index contributed by atoms with van der Waals surface area (Å²) in [6.07, 6.45) is 6.97. The number of aliphatic hydroxyl groups excluding tert-OH is 1. The highest BCUT2D eigenvalue weighted by Crippen LogP contribution is 2.28. The zero-order chi connectivity index (χ0) is 25.1. The average Bonchev–Trinajstić information content (AvgIpc) is 3.59. The Morgan fingerprint density at radius 1 is 1.08 bits per heavy atom. The highest BCUT2D eigenvalue weighted by atomic mass is 16.5. The molecule has 0 saturated carbocycles. The van der Waals surface area contributed by atoms with Crippen molar-refractivity contribution in [3.63, 3.8) is 0 Å². The summed E-state index contributed by atoms with van der Waals surface area (Å²) in [5.41, 5.74) is 5.22. The fourth-order valence-electron chi connectivity index (χ4n) is 5.16. The molecule has 2 N–H and O–H groups in total. The van der Waals surface area contributed by atoms with Gasteiger partial charge in [-0.15, -0.1) is 0 Å². The second kappa shape index (κ2) is 10.9. The predicted octanol–water partition coefficient (Wildman–Crippen LogP) is 3.37. The van der Waals surface area contributed by atoms with E-state index < -0.39 is 0 Å². The van der Waals surface area contributed by atoms with Gasteiger partial charge in [-0.3, -0.25) is 9.80 Å². The van der Waals surface area contributed by atoms with Gasteiger partial charge >= 0.3 is 0 Å². The van der Waals surface area contributed by atoms with E-state index in [9.17, 15) is 5.11 Å². The fraction of sp³-hybridized carbons (Fsp3) is 0.519. The van der Waals surface area contributed by atoms with Gasteiger partial charge in [-0.05, 0) is 76.4 Å². The minimum Gasteiger partial charge on any atom is -0.492 e. The zero-order valence-corrected chi connectivity index (χ0v) is 21.6. The summed E-state index contributed by atoms with van der Waals surface area (Å²) in [4.78, 5) is 13.8. The summed E-state index contributed by atoms with van der Waals surface area (Å²) in [7, 11) is 0. The molecule has 0 spiro atoms. The number of hydrogen-bond donors (Lipinski definition) is 2. The molecule has 36 heavy (non-hydrogen) atoms. The third-order valence-corrected chi connectivity index (χ3v) is 7.09. The summed E-state index contributed by atoms with van der Waals surface area (Å²) in [6, 6.07) is 6.01. The molecule has 0 bridgehead atoms. The third-order valence-electron chi connectivity index (χ3n) is 7.09. The highest BCUT2D eigenvalue weighted by molar-refractivity contribution is 5.60. The van der Waals surface area contributed by atoms with Gasteiger partial charge in [-0.1, -0.05) is 0 Å². The summed E-state index contributed by atoms with van der Waals surface area (Å²) >= 11 is 0. The molecule has 0 radical (unpaired) electrons. The first-order valence-corrected chi connectivity index (χ1v) is 13.0. The molecule has 0 amide bonds. The Balaban J connectivity index is 1.24. The maximum Gasteiger partial charge on any atom is 0.229 e. The molecule has 4 heterocycles. The van der Waals surface area contributed by atoms with Gasteiger partial charge in [0, 0.05) is 55.9 Å². The maximum absolute atomic E-state index is 9.81. The molecule has 5 rings (SSSR count). The molecular weight excluding hydrogens is 454 g/mol. The van der Waals surface area contributed by atoms with Gasteiger partial charge in [-0.25, -0.2) is 9.67 Å². The number of β-amino-alcohol motifs (C(OH)–C–C–N with tert-alkyl or cyclic N) is 1. The SMILES string of the molecule is Cc1cc(Nc2nccc(-n3cc(CN4CC[C@@H](O)C4)c(C)n3)n2)cc(C)c1OCCN1CCCC1. The Bertz CT molecular complexity index is 1170. The second-order valence-corrected chi connectivity index (χ2v) is 10.1. The van der Waals surface area contributed by atoms with Crippen LogP contribution in [0.5, 0.6) is 5.75 Å². The molecule has 9 nitrogen and oxygen atoms in total. The van der Waals surface area contributed by atoms with Crippen LogP contribution in [0.1, 0.15) is 41.6 Å². The molecule has 3 aromatic rings. The molecule has 2 aromatic heterocycles. The molecule has 2 aliphatic heterocycles. The van der Waals surface area contributed by atoms with Gasteiger partial charge in [0.15, 0.2) is 5.82 Å². The maximum atomic E-state index is 9.81. The van der Waals surface area contributed by atoms with E-state index in [-0.39, 0.29) is 6.10 Å². The molecule has 1 aromatic carbocycles. The lowest BCUT2D eigenvalue weighted by molar-refractivity contribution is 0.174. The minimum absolute atomic E-state index is 0.223. The van der Waals surface area contributed by atoms with Crippen molar-refractivity contribution in [1.29, 1.82) is 0 Å². The summed E-state index contributed by atoms with van der Waals surface area (Å²) in [6.45, 7) is 12.6. The van der Waals surface area contributed by atoms with E-state index in [1.165, 1.54) is 25.9 Å². The molecule has 0 aliphatic carbocycles. The van der Waals surface area contributed by atoms with Crippen LogP contribution in [0.3, 0.4) is 0 Å². The van der Waals surface area contributed by atoms with Crippen molar-refractivity contribution < 1.29 is 9.84 Å². The topological polar surface area (TPSA) is 91.6 Å². The van der Waals surface area contributed by atoms with E-state index in [0.717, 1.165) is 59.9 Å². The summed E-state index contributed by atoms with van der Waals surface area (Å²) in [5, 5.41) is 17.8. The molecule has 9 heteroatoms. The minimum atomic E-state index is -0.223. The average molecular weight is 492 g/mol. The van der Waals surface area contributed by atoms with E-state index >= 15 is 0 Å². The number of benzene rings is 1. The lowest BCUT2D eigenvalue weighted by Gasteiger charge is -2.18. The van der Waals surface area contributed by atoms with Crippen molar-refractivity contribution in [2.75, 3.05) is 44.6 Å². The van der Waals surface area contributed by atoms with E-state index in [1.807, 2.05) is 19.2 Å². The van der Waals surface area contributed by atoms with Crippen molar-refractivity contribution in [3.8, 4) is 11.6 Å². The lowest BCUT2D eigenvalue weighted by atomic mass is 10.1. The predicted molar refractivity (Wildman–Crippen MR) is 140 cm³/mol. The Labute approximate surface area is 213 Å². The van der Waals surface area contributed by atoms with Gasteiger partial charge in [-0.2, -0.15) is 10.1 Å². The number of ether oxygens (including phenoxy) is 1. The number of nitrogens with one attached hydrogen (secondary N) is 1. The van der Waals surface area contributed by atoms with Gasteiger partial charge in [0.1, 0.15) is 12.4 Å². The molecule has 2 aliphatic rings. The van der Waals surface area contributed by atoms with E-state index in [2.05, 4.69) is 51.2 Å². The van der Waals surface area contributed by atoms with Crippen LogP contribution in [0, 0.1) is 20.8 Å². The Morgan fingerprint density at radius 2 is 1.86 bits per heavy atom. The van der Waals surface area contributed by atoms with Gasteiger partial charge < -0.3 is 15.2 Å². The van der Waals surface area contributed by atoms with E-state index in [4.69, 9.17) is 9.72 Å². The molecule has 2 fully saturated rings. The van der Waals surface area contributed by atoms with Crippen LogP contribution in [0.25, 0.3) is 5.82 Å². The number of likely N-dealkylation sites (tertiary alicyclic amines) is 2. The Morgan fingerprint density at radius 3 is 2.58 bits per heavy atom. The number of aliphatic hydroxyl groups is 1. The second-order valence-electron chi connectivity index (χ2n) is 10.1. The summed E-state index contributed by atoms with van der Waals surface area (Å²) in [5.74, 6) is 2.18. The smallest absolute Gasteiger partial charge is 0.229 e. The Hall–Kier alpha value is -3.01. The van der Waals surface area contributed by atoms with Crippen LogP contribution >= 0.6 is 0 Å². The summed E-state index contributed by atoms with van der Waals surface area (Å²) < 4.78 is 7.95. The van der Waals surface area contributed by atoms with Crippen molar-refractivity contribution >= 4 is 11.6 Å². The number of aromatic nitrogens is 4. The molecule has 2 saturated heterocycles. The fourth-order valence-corrected chi connectivity index (χ4v) is 5.16. The van der Waals surface area contributed by atoms with Gasteiger partial charge in [0.25, 0.3) is 0 Å². The normalized spacial score (nSPS) is 18.7. The van der Waals surface area contributed by atoms with Crippen molar-refractivity contribution in [3.05, 3.63) is 53.0 Å². The monoisotopic (exact) mass is 491 g/mol. The van der Waals surface area contributed by atoms with Crippen LogP contribution in [0.15, 0.2) is 30.6 Å². The van der Waals surface area contributed by atoms with Gasteiger partial charge in [0.05, 0.1) is 11.8 Å². The van der Waals surface area contributed by atoms with E-state index in [0.29, 0.717) is 24.9 Å². The number of aryl methyl sites for hydroxylation is 3. The van der Waals surface area contributed by atoms with Crippen LogP contribution < -0.4 is 10.1 Å². The van der Waals surface area contributed by atoms with Gasteiger partial charge in [0.2, 0.25) is 5.95 Å². The first kappa shape index (κ1) is 24.7. The Kier molecular flexibility index (Phi) is 7.50. The largest absolute Gasteiger partial charge is 0.492 e. The molecule has 1 atom stereocenters. The molecule has 0 unspecified atom stereocenters. The van der Waals surface area contributed by atoms with Crippen LogP contribution in [0.4, 0.5) is 11.6 Å². The number of anilines is 2. The van der Waals surface area contributed by atoms with Crippen molar-refractivity contribution in [2.45, 2.75) is 52.7 Å². The quantitative estimate of drug-likeness (QED) is 0.471. The third kappa shape index (κ3) is 5.86. The van der Waals surface area contributed by atoms with Crippen molar-refractivity contribution in [1.82, 2.24) is 29.5 Å². The first-order chi connectivity index (χ1) is 17.4.